The third-order valence-electron chi connectivity index (χ3n) is 5.48. The topological polar surface area (TPSA) is 160 Å². The molecule has 0 unspecified atom stereocenters. The Morgan fingerprint density at radius 1 is 0.816 bits per heavy atom. The van der Waals surface area contributed by atoms with Crippen molar-refractivity contribution in [3.8, 4) is 0 Å². The van der Waals surface area contributed by atoms with Crippen molar-refractivity contribution in [2.45, 2.75) is 25.4 Å². The van der Waals surface area contributed by atoms with Gasteiger partial charge in [0.05, 0.1) is 11.5 Å². The van der Waals surface area contributed by atoms with E-state index in [2.05, 4.69) is 21.3 Å². The number of non-ortho nitro benzene ring substituents is 1. The van der Waals surface area contributed by atoms with Crippen LogP contribution >= 0.6 is 0 Å². The van der Waals surface area contributed by atoms with Gasteiger partial charge >= 0.3 is 0 Å². The molecule has 0 saturated carbocycles. The average Bonchev–Trinajstić information content (AvgIpc) is 2.92. The number of hydrogen-bond donors (Lipinski definition) is 4. The Hall–Kier alpha value is -5.06. The van der Waals surface area contributed by atoms with Crippen molar-refractivity contribution in [1.29, 1.82) is 0 Å². The minimum absolute atomic E-state index is 0.123. The summed E-state index contributed by atoms with van der Waals surface area (Å²) in [5.41, 5.74) is 1.39. The zero-order chi connectivity index (χ0) is 27.5. The maximum absolute atomic E-state index is 13.0. The molecule has 11 heteroatoms. The highest BCUT2D eigenvalue weighted by Crippen LogP contribution is 2.16. The molecule has 0 heterocycles. The second-order valence-electron chi connectivity index (χ2n) is 8.38. The van der Waals surface area contributed by atoms with Crippen LogP contribution in [0.3, 0.4) is 0 Å². The first-order valence-corrected chi connectivity index (χ1v) is 11.7. The molecule has 0 aromatic heterocycles. The number of nitrogens with one attached hydrogen (secondary N) is 4. The van der Waals surface area contributed by atoms with E-state index in [0.29, 0.717) is 11.3 Å². The van der Waals surface area contributed by atoms with E-state index in [-0.39, 0.29) is 12.1 Å². The Balaban J connectivity index is 1.58. The van der Waals surface area contributed by atoms with E-state index < -0.39 is 47.2 Å². The molecule has 0 aliphatic carbocycles. The molecule has 3 rings (SSSR count). The predicted octanol–water partition coefficient (Wildman–Crippen LogP) is 2.20. The second-order valence-corrected chi connectivity index (χ2v) is 8.38. The van der Waals surface area contributed by atoms with E-state index in [0.717, 1.165) is 5.56 Å². The van der Waals surface area contributed by atoms with Crippen molar-refractivity contribution < 1.29 is 24.1 Å². The van der Waals surface area contributed by atoms with E-state index in [1.807, 2.05) is 6.07 Å². The average molecular weight is 518 g/mol. The van der Waals surface area contributed by atoms with E-state index in [1.165, 1.54) is 31.2 Å². The quantitative estimate of drug-likeness (QED) is 0.225. The number of nitro groups is 1. The monoisotopic (exact) mass is 517 g/mol. The largest absolute Gasteiger partial charge is 0.345 e. The highest BCUT2D eigenvalue weighted by atomic mass is 16.6. The van der Waals surface area contributed by atoms with Crippen molar-refractivity contribution >= 4 is 35.0 Å². The van der Waals surface area contributed by atoms with Crippen LogP contribution in [0.1, 0.15) is 22.8 Å². The van der Waals surface area contributed by atoms with Gasteiger partial charge in [-0.1, -0.05) is 48.5 Å². The number of anilines is 1. The summed E-state index contributed by atoms with van der Waals surface area (Å²) < 4.78 is 0. The molecule has 0 spiro atoms. The Bertz CT molecular complexity index is 1280. The maximum Gasteiger partial charge on any atom is 0.269 e. The minimum atomic E-state index is -0.993. The SMILES string of the molecule is C[C@H](NC(=O)c1ccccc1)C(=O)NCC(=O)N[C@@H](Cc1ccccc1)C(=O)Nc1ccc([N+](=O)[O-])cc1. The number of nitrogens with zero attached hydrogens (tertiary/aromatic N) is 1. The molecule has 3 aromatic rings. The molecule has 196 valence electrons. The van der Waals surface area contributed by atoms with Gasteiger partial charge in [-0.15, -0.1) is 0 Å². The number of carbonyl (C=O) groups excluding carboxylic acids is 4. The summed E-state index contributed by atoms with van der Waals surface area (Å²) in [5.74, 6) is -2.14. The van der Waals surface area contributed by atoms with Crippen molar-refractivity contribution in [3.63, 3.8) is 0 Å². The van der Waals surface area contributed by atoms with E-state index >= 15 is 0 Å². The lowest BCUT2D eigenvalue weighted by Gasteiger charge is -2.19. The minimum Gasteiger partial charge on any atom is -0.345 e. The highest BCUT2D eigenvalue weighted by Gasteiger charge is 2.23. The highest BCUT2D eigenvalue weighted by molar-refractivity contribution is 5.99. The standard InChI is InChI=1S/C27H27N5O6/c1-18(29-26(35)20-10-6-3-7-11-20)25(34)28-17-24(33)31-23(16-19-8-4-2-5-9-19)27(36)30-21-12-14-22(15-13-21)32(37)38/h2-15,18,23H,16-17H2,1H3,(H,28,34)(H,29,35)(H,30,36)(H,31,33)/t18-,23-/m0/s1. The lowest BCUT2D eigenvalue weighted by atomic mass is 10.0. The number of benzene rings is 3. The molecule has 38 heavy (non-hydrogen) atoms. The number of nitro benzene ring substituents is 1. The van der Waals surface area contributed by atoms with Crippen molar-refractivity contribution in [1.82, 2.24) is 16.0 Å². The Kier molecular flexibility index (Phi) is 9.64. The van der Waals surface area contributed by atoms with Gasteiger partial charge in [0.25, 0.3) is 11.6 Å². The molecule has 0 fully saturated rings. The number of hydrogen-bond acceptors (Lipinski definition) is 6. The van der Waals surface area contributed by atoms with Crippen LogP contribution in [0.5, 0.6) is 0 Å². The number of carbonyl (C=O) groups is 4. The summed E-state index contributed by atoms with van der Waals surface area (Å²) in [7, 11) is 0. The van der Waals surface area contributed by atoms with Gasteiger partial charge in [-0.25, -0.2) is 0 Å². The first-order valence-electron chi connectivity index (χ1n) is 11.7. The van der Waals surface area contributed by atoms with E-state index in [4.69, 9.17) is 0 Å². The summed E-state index contributed by atoms with van der Waals surface area (Å²) in [6.45, 7) is 1.07. The zero-order valence-corrected chi connectivity index (χ0v) is 20.5. The summed E-state index contributed by atoms with van der Waals surface area (Å²) in [6.07, 6.45) is 0.170. The molecule has 0 aliphatic rings. The molecular formula is C27H27N5O6. The van der Waals surface area contributed by atoms with E-state index in [1.54, 1.807) is 54.6 Å². The summed E-state index contributed by atoms with van der Waals surface area (Å²) in [4.78, 5) is 60.6. The molecule has 0 bridgehead atoms. The summed E-state index contributed by atoms with van der Waals surface area (Å²) >= 11 is 0. The zero-order valence-electron chi connectivity index (χ0n) is 20.5. The van der Waals surface area contributed by atoms with Crippen molar-refractivity contribution in [3.05, 3.63) is 106 Å². The first kappa shape index (κ1) is 27.5. The third kappa shape index (κ3) is 8.26. The van der Waals surface area contributed by atoms with Crippen LogP contribution in [0, 0.1) is 10.1 Å². The van der Waals surface area contributed by atoms with Crippen LogP contribution in [0.4, 0.5) is 11.4 Å². The van der Waals surface area contributed by atoms with Gasteiger partial charge in [0.15, 0.2) is 0 Å². The van der Waals surface area contributed by atoms with E-state index in [9.17, 15) is 29.3 Å². The second kappa shape index (κ2) is 13.3. The maximum atomic E-state index is 13.0. The van der Waals surface area contributed by atoms with Crippen LogP contribution in [0.2, 0.25) is 0 Å². The van der Waals surface area contributed by atoms with Crippen LogP contribution in [-0.4, -0.2) is 47.2 Å². The fourth-order valence-corrected chi connectivity index (χ4v) is 3.46. The normalized spacial score (nSPS) is 11.9. The third-order valence-corrected chi connectivity index (χ3v) is 5.48. The van der Waals surface area contributed by atoms with Crippen LogP contribution < -0.4 is 21.3 Å². The summed E-state index contributed by atoms with van der Waals surface area (Å²) in [6, 6.07) is 20.8. The molecule has 4 N–H and O–H groups in total. The number of rotatable bonds is 11. The van der Waals surface area contributed by atoms with Crippen LogP contribution in [0.25, 0.3) is 0 Å². The molecule has 2 atom stereocenters. The molecule has 0 radical (unpaired) electrons. The first-order chi connectivity index (χ1) is 18.2. The molecule has 4 amide bonds. The van der Waals surface area contributed by atoms with Gasteiger partial charge in [0.2, 0.25) is 17.7 Å². The number of amides is 4. The Labute approximate surface area is 218 Å². The lowest BCUT2D eigenvalue weighted by molar-refractivity contribution is -0.384. The molecule has 11 nitrogen and oxygen atoms in total. The van der Waals surface area contributed by atoms with Gasteiger partial charge in [0.1, 0.15) is 12.1 Å². The van der Waals surface area contributed by atoms with Gasteiger partial charge in [-0.2, -0.15) is 0 Å². The van der Waals surface area contributed by atoms with Crippen LogP contribution in [-0.2, 0) is 20.8 Å². The van der Waals surface area contributed by atoms with Crippen molar-refractivity contribution in [2.75, 3.05) is 11.9 Å². The van der Waals surface area contributed by atoms with Gasteiger partial charge in [-0.05, 0) is 36.8 Å². The smallest absolute Gasteiger partial charge is 0.269 e. The Morgan fingerprint density at radius 2 is 1.42 bits per heavy atom. The summed E-state index contributed by atoms with van der Waals surface area (Å²) in [5, 5.41) is 21.1. The molecule has 0 saturated heterocycles. The lowest BCUT2D eigenvalue weighted by Crippen LogP contribution is -2.51. The molecule has 3 aromatic carbocycles. The van der Waals surface area contributed by atoms with Crippen LogP contribution in [0.15, 0.2) is 84.9 Å². The fourth-order valence-electron chi connectivity index (χ4n) is 3.46. The molecule has 0 aliphatic heterocycles. The van der Waals surface area contributed by atoms with Gasteiger partial charge < -0.3 is 21.3 Å². The van der Waals surface area contributed by atoms with Crippen molar-refractivity contribution in [2.24, 2.45) is 0 Å². The molecular weight excluding hydrogens is 490 g/mol. The van der Waals surface area contributed by atoms with Gasteiger partial charge in [-0.3, -0.25) is 29.3 Å². The van der Waals surface area contributed by atoms with Gasteiger partial charge in [0, 0.05) is 29.8 Å². The Morgan fingerprint density at radius 3 is 2.03 bits per heavy atom. The fraction of sp³-hybridized carbons (Fsp3) is 0.185. The predicted molar refractivity (Wildman–Crippen MR) is 140 cm³/mol.